The van der Waals surface area contributed by atoms with Gasteiger partial charge in [-0.15, -0.1) is 0 Å². The molecule has 0 radical (unpaired) electrons. The zero-order valence-electron chi connectivity index (χ0n) is 6.44. The van der Waals surface area contributed by atoms with Crippen LogP contribution >= 0.6 is 0 Å². The maximum atomic E-state index is 10.9. The highest BCUT2D eigenvalue weighted by Crippen LogP contribution is 1.94. The Morgan fingerprint density at radius 2 is 2.55 bits per heavy atom. The van der Waals surface area contributed by atoms with Crippen molar-refractivity contribution in [3.8, 4) is 0 Å². The Morgan fingerprint density at radius 3 is 3.09 bits per heavy atom. The van der Waals surface area contributed by atoms with Crippen molar-refractivity contribution in [2.24, 2.45) is 0 Å². The Bertz CT molecular complexity index is 256. The summed E-state index contributed by atoms with van der Waals surface area (Å²) in [5, 5.41) is 3.81. The molecule has 0 aliphatic rings. The maximum Gasteiger partial charge on any atom is 0.375 e. The van der Waals surface area contributed by atoms with Crippen molar-refractivity contribution in [2.75, 3.05) is 7.11 Å². The second kappa shape index (κ2) is 3.14. The highest BCUT2D eigenvalue weighted by molar-refractivity contribution is 5.85. The van der Waals surface area contributed by atoms with Gasteiger partial charge in [-0.05, 0) is 6.92 Å². The number of aromatic nitrogens is 3. The van der Waals surface area contributed by atoms with Gasteiger partial charge in [0.2, 0.25) is 5.82 Å². The van der Waals surface area contributed by atoms with Gasteiger partial charge in [0.1, 0.15) is 6.33 Å². The predicted octanol–water partition coefficient (Wildman–Crippen LogP) is 0.0846. The van der Waals surface area contributed by atoms with E-state index in [-0.39, 0.29) is 5.82 Å². The van der Waals surface area contributed by atoms with Gasteiger partial charge in [-0.2, -0.15) is 5.10 Å². The average Bonchev–Trinajstić information content (AvgIpc) is 2.50. The van der Waals surface area contributed by atoms with Crippen LogP contribution in [-0.4, -0.2) is 27.8 Å². The molecule has 0 fully saturated rings. The van der Waals surface area contributed by atoms with Crippen LogP contribution in [0.25, 0.3) is 0 Å². The number of ether oxygens (including phenoxy) is 1. The lowest BCUT2D eigenvalue weighted by molar-refractivity contribution is 0.0579. The zero-order valence-corrected chi connectivity index (χ0v) is 6.44. The molecule has 60 valence electrons. The lowest BCUT2D eigenvalue weighted by Crippen LogP contribution is -2.11. The second-order valence-electron chi connectivity index (χ2n) is 1.89. The van der Waals surface area contributed by atoms with E-state index in [0.717, 1.165) is 0 Å². The van der Waals surface area contributed by atoms with Crippen LogP contribution in [0.3, 0.4) is 0 Å². The molecule has 5 nitrogen and oxygen atoms in total. The molecule has 0 bridgehead atoms. The van der Waals surface area contributed by atoms with Gasteiger partial charge in [0.25, 0.3) is 0 Å². The first-order chi connectivity index (χ1) is 5.29. The summed E-state index contributed by atoms with van der Waals surface area (Å²) in [6, 6.07) is 0. The van der Waals surface area contributed by atoms with Gasteiger partial charge in [-0.3, -0.25) is 0 Å². The van der Waals surface area contributed by atoms with Crippen LogP contribution in [0.2, 0.25) is 0 Å². The van der Waals surface area contributed by atoms with Gasteiger partial charge in [-0.25, -0.2) is 14.5 Å². The Balaban J connectivity index is 2.92. The van der Waals surface area contributed by atoms with Crippen molar-refractivity contribution < 1.29 is 9.53 Å². The second-order valence-corrected chi connectivity index (χ2v) is 1.89. The molecular formula is C6H9N3O2. The molecule has 0 N–H and O–H groups in total. The average molecular weight is 155 g/mol. The van der Waals surface area contributed by atoms with Crippen LogP contribution in [0.5, 0.6) is 0 Å². The largest absolute Gasteiger partial charge is 0.463 e. The van der Waals surface area contributed by atoms with Crippen molar-refractivity contribution in [1.29, 1.82) is 0 Å². The Hall–Kier alpha value is -1.39. The SMILES string of the molecule is CCn1ncnc1C(=O)OC. The Morgan fingerprint density at radius 1 is 1.82 bits per heavy atom. The fourth-order valence-electron chi connectivity index (χ4n) is 0.745. The summed E-state index contributed by atoms with van der Waals surface area (Å²) in [5.74, 6) is -0.209. The summed E-state index contributed by atoms with van der Waals surface area (Å²) in [6.07, 6.45) is 1.33. The molecule has 0 aliphatic heterocycles. The minimum Gasteiger partial charge on any atom is -0.463 e. The molecule has 11 heavy (non-hydrogen) atoms. The minimum atomic E-state index is -0.454. The van der Waals surface area contributed by atoms with Crippen molar-refractivity contribution in [3.05, 3.63) is 12.2 Å². The number of carbonyl (C=O) groups excluding carboxylic acids is 1. The van der Waals surface area contributed by atoms with Crippen LogP contribution in [0.4, 0.5) is 0 Å². The Kier molecular flexibility index (Phi) is 2.20. The third kappa shape index (κ3) is 1.36. The number of methoxy groups -OCH3 is 1. The summed E-state index contributed by atoms with van der Waals surface area (Å²) >= 11 is 0. The number of esters is 1. The first-order valence-electron chi connectivity index (χ1n) is 3.25. The van der Waals surface area contributed by atoms with Crippen LogP contribution in [-0.2, 0) is 11.3 Å². The van der Waals surface area contributed by atoms with E-state index < -0.39 is 5.97 Å². The van der Waals surface area contributed by atoms with Gasteiger partial charge in [0.05, 0.1) is 7.11 Å². The van der Waals surface area contributed by atoms with Crippen molar-refractivity contribution in [1.82, 2.24) is 14.8 Å². The third-order valence-electron chi connectivity index (χ3n) is 1.28. The van der Waals surface area contributed by atoms with E-state index in [4.69, 9.17) is 0 Å². The topological polar surface area (TPSA) is 57.0 Å². The van der Waals surface area contributed by atoms with Gasteiger partial charge in [0.15, 0.2) is 0 Å². The van der Waals surface area contributed by atoms with Crippen molar-refractivity contribution in [3.63, 3.8) is 0 Å². The number of hydrogen-bond donors (Lipinski definition) is 0. The normalized spacial score (nSPS) is 9.64. The van der Waals surface area contributed by atoms with E-state index >= 15 is 0 Å². The summed E-state index contributed by atoms with van der Waals surface area (Å²) in [6.45, 7) is 2.49. The van der Waals surface area contributed by atoms with Gasteiger partial charge in [0, 0.05) is 6.54 Å². The first kappa shape index (κ1) is 7.71. The molecule has 0 atom stereocenters. The molecule has 0 aromatic carbocycles. The van der Waals surface area contributed by atoms with Crippen LogP contribution in [0, 0.1) is 0 Å². The minimum absolute atomic E-state index is 0.245. The first-order valence-corrected chi connectivity index (χ1v) is 3.25. The van der Waals surface area contributed by atoms with Crippen LogP contribution in [0.1, 0.15) is 17.5 Å². The van der Waals surface area contributed by atoms with E-state index in [9.17, 15) is 4.79 Å². The third-order valence-corrected chi connectivity index (χ3v) is 1.28. The Labute approximate surface area is 64.0 Å². The monoisotopic (exact) mass is 155 g/mol. The predicted molar refractivity (Wildman–Crippen MR) is 37.0 cm³/mol. The molecule has 1 aromatic rings. The number of hydrogen-bond acceptors (Lipinski definition) is 4. The number of aryl methyl sites for hydroxylation is 1. The van der Waals surface area contributed by atoms with Crippen LogP contribution < -0.4 is 0 Å². The van der Waals surface area contributed by atoms with E-state index in [1.807, 2.05) is 6.92 Å². The quantitative estimate of drug-likeness (QED) is 0.568. The fourth-order valence-corrected chi connectivity index (χ4v) is 0.745. The highest BCUT2D eigenvalue weighted by Gasteiger charge is 2.11. The molecule has 1 heterocycles. The van der Waals surface area contributed by atoms with Gasteiger partial charge in [-0.1, -0.05) is 0 Å². The van der Waals surface area contributed by atoms with Gasteiger partial charge >= 0.3 is 5.97 Å². The summed E-state index contributed by atoms with van der Waals surface area (Å²) < 4.78 is 5.95. The fraction of sp³-hybridized carbons (Fsp3) is 0.500. The molecule has 5 heteroatoms. The molecule has 0 amide bonds. The molecule has 0 spiro atoms. The molecule has 0 saturated heterocycles. The van der Waals surface area contributed by atoms with E-state index in [1.54, 1.807) is 0 Å². The van der Waals surface area contributed by atoms with E-state index in [0.29, 0.717) is 6.54 Å². The van der Waals surface area contributed by atoms with Crippen LogP contribution in [0.15, 0.2) is 6.33 Å². The number of carbonyl (C=O) groups is 1. The summed E-state index contributed by atoms with van der Waals surface area (Å²) in [4.78, 5) is 14.6. The molecule has 0 saturated carbocycles. The molecule has 0 unspecified atom stereocenters. The standard InChI is InChI=1S/C6H9N3O2/c1-3-9-5(6(10)11-2)7-4-8-9/h4H,3H2,1-2H3. The number of nitrogens with zero attached hydrogens (tertiary/aromatic N) is 3. The lowest BCUT2D eigenvalue weighted by atomic mass is 10.6. The maximum absolute atomic E-state index is 10.9. The zero-order chi connectivity index (χ0) is 8.27. The van der Waals surface area contributed by atoms with Crippen molar-refractivity contribution >= 4 is 5.97 Å². The van der Waals surface area contributed by atoms with E-state index in [1.165, 1.54) is 18.1 Å². The summed E-state index contributed by atoms with van der Waals surface area (Å²) in [7, 11) is 1.32. The van der Waals surface area contributed by atoms with Gasteiger partial charge < -0.3 is 4.74 Å². The van der Waals surface area contributed by atoms with Crippen molar-refractivity contribution in [2.45, 2.75) is 13.5 Å². The van der Waals surface area contributed by atoms with E-state index in [2.05, 4.69) is 14.8 Å². The number of rotatable bonds is 2. The lowest BCUT2D eigenvalue weighted by Gasteiger charge is -1.98. The molecule has 1 rings (SSSR count). The smallest absolute Gasteiger partial charge is 0.375 e. The molecule has 0 aliphatic carbocycles. The highest BCUT2D eigenvalue weighted by atomic mass is 16.5. The summed E-state index contributed by atoms with van der Waals surface area (Å²) in [5.41, 5.74) is 0. The molecule has 1 aromatic heterocycles. The molecular weight excluding hydrogens is 146 g/mol.